The Bertz CT molecular complexity index is 1300. The Morgan fingerprint density at radius 1 is 0.889 bits per heavy atom. The van der Waals surface area contributed by atoms with Gasteiger partial charge in [-0.25, -0.2) is 4.79 Å². The molecule has 3 aromatic carbocycles. The van der Waals surface area contributed by atoms with E-state index in [0.717, 1.165) is 5.56 Å². The van der Waals surface area contributed by atoms with Crippen molar-refractivity contribution in [1.82, 2.24) is 4.90 Å². The summed E-state index contributed by atoms with van der Waals surface area (Å²) < 4.78 is 11.7. The highest BCUT2D eigenvalue weighted by molar-refractivity contribution is 5.98. The maximum Gasteiger partial charge on any atom is 0.410 e. The molecule has 2 saturated heterocycles. The van der Waals surface area contributed by atoms with Gasteiger partial charge in [0.2, 0.25) is 0 Å². The van der Waals surface area contributed by atoms with Crippen LogP contribution in [0.15, 0.2) is 72.8 Å². The summed E-state index contributed by atoms with van der Waals surface area (Å²) in [5, 5.41) is 0. The Hall–Kier alpha value is -3.88. The number of Topliss-reactive ketones (excluding diaryl/α,β-unsaturated/α-hetero) is 1. The van der Waals surface area contributed by atoms with Crippen LogP contribution in [0.2, 0.25) is 0 Å². The molecule has 2 unspecified atom stereocenters. The summed E-state index contributed by atoms with van der Waals surface area (Å²) in [6, 6.07) is 23.5. The number of fused-ring (bicyclic) bond motifs is 5. The van der Waals surface area contributed by atoms with E-state index in [9.17, 15) is 9.59 Å². The number of terminal acetylenes is 1. The predicted molar refractivity (Wildman–Crippen MR) is 137 cm³/mol. The molecule has 5 nitrogen and oxygen atoms in total. The fraction of sp³-hybridized carbons (Fsp3) is 0.290. The van der Waals surface area contributed by atoms with Gasteiger partial charge in [-0.2, -0.15) is 0 Å². The summed E-state index contributed by atoms with van der Waals surface area (Å²) in [7, 11) is 0. The molecule has 0 radical (unpaired) electrons. The molecule has 6 rings (SSSR count). The molecule has 2 fully saturated rings. The molecule has 36 heavy (non-hydrogen) atoms. The van der Waals surface area contributed by atoms with Crippen molar-refractivity contribution < 1.29 is 19.1 Å². The number of nitrogens with zero attached hydrogens (tertiary/aromatic N) is 1. The lowest BCUT2D eigenvalue weighted by molar-refractivity contribution is -0.0747. The van der Waals surface area contributed by atoms with E-state index < -0.39 is 0 Å². The number of amides is 1. The molecule has 0 saturated carbocycles. The van der Waals surface area contributed by atoms with Crippen LogP contribution in [0.3, 0.4) is 0 Å². The van der Waals surface area contributed by atoms with E-state index in [1.807, 2.05) is 29.2 Å². The summed E-state index contributed by atoms with van der Waals surface area (Å²) >= 11 is 0. The first-order valence-corrected chi connectivity index (χ1v) is 12.5. The number of carbonyl (C=O) groups excluding carboxylic acids is 2. The average molecular weight is 478 g/mol. The number of carbonyl (C=O) groups is 2. The van der Waals surface area contributed by atoms with Crippen molar-refractivity contribution in [2.75, 3.05) is 19.8 Å². The Balaban J connectivity index is 1.16. The van der Waals surface area contributed by atoms with E-state index in [2.05, 4.69) is 30.2 Å². The topological polar surface area (TPSA) is 55.8 Å². The standard InChI is InChI=1S/C31H27NO4/c1-2-20-11-13-21(14-12-20)30(33)22-15-23-17-35-18-24(16-22)32(23)31(34)36-19-29-27-9-5-3-7-25(27)26-8-4-6-10-28(26)29/h1,3-14,22-24,29H,15-19H2. The third-order valence-corrected chi connectivity index (χ3v) is 7.77. The fourth-order valence-corrected chi connectivity index (χ4v) is 6.06. The van der Waals surface area contributed by atoms with Crippen LogP contribution in [0, 0.1) is 18.3 Å². The Labute approximate surface area is 211 Å². The van der Waals surface area contributed by atoms with Gasteiger partial charge >= 0.3 is 6.09 Å². The first-order valence-electron chi connectivity index (χ1n) is 12.5. The molecule has 0 spiro atoms. The number of morpholine rings is 1. The average Bonchev–Trinajstić information content (AvgIpc) is 3.24. The molecule has 1 aliphatic carbocycles. The summed E-state index contributed by atoms with van der Waals surface area (Å²) in [5.74, 6) is 2.54. The van der Waals surface area contributed by atoms with E-state index in [-0.39, 0.29) is 42.4 Å². The number of hydrogen-bond acceptors (Lipinski definition) is 4. The molecular weight excluding hydrogens is 450 g/mol. The lowest BCUT2D eigenvalue weighted by atomic mass is 9.81. The van der Waals surface area contributed by atoms with Crippen molar-refractivity contribution >= 4 is 11.9 Å². The first-order chi connectivity index (χ1) is 17.6. The lowest BCUT2D eigenvalue weighted by Gasteiger charge is -2.47. The second kappa shape index (κ2) is 9.29. The molecule has 0 aromatic heterocycles. The van der Waals surface area contributed by atoms with Crippen LogP contribution in [0.5, 0.6) is 0 Å². The van der Waals surface area contributed by atoms with Crippen molar-refractivity contribution in [2.45, 2.75) is 30.8 Å². The Kier molecular flexibility index (Phi) is 5.83. The van der Waals surface area contributed by atoms with Gasteiger partial charge in [0.05, 0.1) is 25.3 Å². The maximum atomic E-state index is 13.4. The van der Waals surface area contributed by atoms with Crippen molar-refractivity contribution in [3.05, 3.63) is 95.1 Å². The molecule has 2 aliphatic heterocycles. The highest BCUT2D eigenvalue weighted by Gasteiger charge is 2.45. The quantitative estimate of drug-likeness (QED) is 0.379. The van der Waals surface area contributed by atoms with E-state index in [1.165, 1.54) is 22.3 Å². The number of ketones is 1. The molecular formula is C31H27NO4. The van der Waals surface area contributed by atoms with Gasteiger partial charge in [0, 0.05) is 23.0 Å². The molecule has 2 heterocycles. The van der Waals surface area contributed by atoms with Crippen molar-refractivity contribution in [1.29, 1.82) is 0 Å². The number of piperidine rings is 1. The summed E-state index contributed by atoms with van der Waals surface area (Å²) in [4.78, 5) is 28.4. The number of rotatable bonds is 4. The molecule has 3 aliphatic rings. The van der Waals surface area contributed by atoms with Crippen LogP contribution in [0.25, 0.3) is 11.1 Å². The lowest BCUT2D eigenvalue weighted by Crippen LogP contribution is -2.60. The molecule has 0 N–H and O–H groups in total. The van der Waals surface area contributed by atoms with Gasteiger partial charge in [-0.05, 0) is 47.2 Å². The zero-order valence-corrected chi connectivity index (χ0v) is 19.9. The number of benzene rings is 3. The molecule has 1 amide bonds. The summed E-state index contributed by atoms with van der Waals surface area (Å²) in [6.07, 6.45) is 6.25. The van der Waals surface area contributed by atoms with Crippen LogP contribution >= 0.6 is 0 Å². The minimum atomic E-state index is -0.320. The van der Waals surface area contributed by atoms with Crippen LogP contribution in [0.4, 0.5) is 4.79 Å². The van der Waals surface area contributed by atoms with Gasteiger partial charge in [-0.1, -0.05) is 66.6 Å². The van der Waals surface area contributed by atoms with Gasteiger partial charge < -0.3 is 9.47 Å². The SMILES string of the molecule is C#Cc1ccc(C(=O)C2CC3COCC(C2)N3C(=O)OCC2c3ccccc3-c3ccccc32)cc1. The molecule has 5 heteroatoms. The van der Waals surface area contributed by atoms with E-state index in [1.54, 1.807) is 24.3 Å². The smallest absolute Gasteiger partial charge is 0.410 e. The van der Waals surface area contributed by atoms with Gasteiger partial charge in [-0.15, -0.1) is 6.42 Å². The van der Waals surface area contributed by atoms with Gasteiger partial charge in [-0.3, -0.25) is 9.69 Å². The van der Waals surface area contributed by atoms with Crippen LogP contribution in [0.1, 0.15) is 45.8 Å². The minimum Gasteiger partial charge on any atom is -0.448 e. The predicted octanol–water partition coefficient (Wildman–Crippen LogP) is 5.28. The third kappa shape index (κ3) is 3.88. The zero-order chi connectivity index (χ0) is 24.6. The largest absolute Gasteiger partial charge is 0.448 e. The fourth-order valence-electron chi connectivity index (χ4n) is 6.06. The normalized spacial score (nSPS) is 22.3. The number of hydrogen-bond donors (Lipinski definition) is 0. The zero-order valence-electron chi connectivity index (χ0n) is 19.9. The summed E-state index contributed by atoms with van der Waals surface area (Å²) in [5.41, 5.74) is 6.20. The molecule has 180 valence electrons. The Morgan fingerprint density at radius 2 is 1.47 bits per heavy atom. The van der Waals surface area contributed by atoms with Crippen LogP contribution in [-0.4, -0.2) is 48.7 Å². The number of ether oxygens (including phenoxy) is 2. The van der Waals surface area contributed by atoms with Crippen molar-refractivity contribution in [3.63, 3.8) is 0 Å². The third-order valence-electron chi connectivity index (χ3n) is 7.77. The van der Waals surface area contributed by atoms with E-state index >= 15 is 0 Å². The maximum absolute atomic E-state index is 13.4. The molecule has 2 bridgehead atoms. The molecule has 2 atom stereocenters. The second-order valence-electron chi connectivity index (χ2n) is 9.81. The van der Waals surface area contributed by atoms with Gasteiger partial charge in [0.15, 0.2) is 5.78 Å². The minimum absolute atomic E-state index is 0.0162. The van der Waals surface area contributed by atoms with E-state index in [4.69, 9.17) is 15.9 Å². The second-order valence-corrected chi connectivity index (χ2v) is 9.81. The van der Waals surface area contributed by atoms with Gasteiger partial charge in [0.1, 0.15) is 6.61 Å². The highest BCUT2D eigenvalue weighted by Crippen LogP contribution is 2.44. The Morgan fingerprint density at radius 3 is 2.06 bits per heavy atom. The monoisotopic (exact) mass is 477 g/mol. The first kappa shape index (κ1) is 22.6. The van der Waals surface area contributed by atoms with Crippen molar-refractivity contribution in [2.24, 2.45) is 5.92 Å². The molecule has 3 aromatic rings. The van der Waals surface area contributed by atoms with Gasteiger partial charge in [0.25, 0.3) is 0 Å². The van der Waals surface area contributed by atoms with Crippen molar-refractivity contribution in [3.8, 4) is 23.5 Å². The van der Waals surface area contributed by atoms with Crippen LogP contribution in [-0.2, 0) is 9.47 Å². The summed E-state index contributed by atoms with van der Waals surface area (Å²) in [6.45, 7) is 1.12. The highest BCUT2D eigenvalue weighted by atomic mass is 16.6. The van der Waals surface area contributed by atoms with Crippen LogP contribution < -0.4 is 0 Å². The van der Waals surface area contributed by atoms with E-state index in [0.29, 0.717) is 31.6 Å².